The van der Waals surface area contributed by atoms with E-state index in [0.717, 1.165) is 13.0 Å². The molecule has 0 aromatic carbocycles. The fourth-order valence-electron chi connectivity index (χ4n) is 2.45. The van der Waals surface area contributed by atoms with Crippen molar-refractivity contribution in [3.05, 3.63) is 23.7 Å². The highest BCUT2D eigenvalue weighted by Gasteiger charge is 2.42. The molecule has 2 heterocycles. The first-order chi connectivity index (χ1) is 5.91. The summed E-state index contributed by atoms with van der Waals surface area (Å²) in [5.74, 6) is 1.22. The maximum Gasteiger partial charge on any atom is 0.110 e. The van der Waals surface area contributed by atoms with E-state index in [1.165, 1.54) is 30.6 Å². The summed E-state index contributed by atoms with van der Waals surface area (Å²) in [5.41, 5.74) is 1.75. The Hall–Kier alpha value is -0.760. The molecular weight excluding hydrogens is 150 g/mol. The Kier molecular flexibility index (Phi) is 1.20. The Bertz CT molecular complexity index is 299. The second-order valence-corrected chi connectivity index (χ2v) is 3.87. The van der Waals surface area contributed by atoms with E-state index >= 15 is 0 Å². The van der Waals surface area contributed by atoms with Crippen molar-refractivity contribution in [3.63, 3.8) is 0 Å². The summed E-state index contributed by atoms with van der Waals surface area (Å²) >= 11 is 0. The van der Waals surface area contributed by atoms with Gasteiger partial charge in [-0.2, -0.15) is 0 Å². The van der Waals surface area contributed by atoms with Crippen LogP contribution < -0.4 is 5.32 Å². The molecule has 12 heavy (non-hydrogen) atoms. The van der Waals surface area contributed by atoms with Crippen LogP contribution in [0.4, 0.5) is 0 Å². The van der Waals surface area contributed by atoms with Gasteiger partial charge in [-0.3, -0.25) is 0 Å². The van der Waals surface area contributed by atoms with Gasteiger partial charge in [-0.15, -0.1) is 0 Å². The first kappa shape index (κ1) is 6.72. The summed E-state index contributed by atoms with van der Waals surface area (Å²) in [7, 11) is 0. The van der Waals surface area contributed by atoms with Crippen LogP contribution in [0.2, 0.25) is 0 Å². The largest absolute Gasteiger partial charge is 0.469 e. The van der Waals surface area contributed by atoms with E-state index in [1.54, 1.807) is 0 Å². The smallest absolute Gasteiger partial charge is 0.110 e. The molecule has 0 bridgehead atoms. The van der Waals surface area contributed by atoms with Gasteiger partial charge in [-0.1, -0.05) is 0 Å². The van der Waals surface area contributed by atoms with Crippen molar-refractivity contribution in [1.82, 2.24) is 5.32 Å². The number of hydrogen-bond acceptors (Lipinski definition) is 2. The van der Waals surface area contributed by atoms with Gasteiger partial charge in [-0.05, 0) is 25.3 Å². The molecule has 1 aliphatic carbocycles. The van der Waals surface area contributed by atoms with Crippen molar-refractivity contribution in [2.24, 2.45) is 0 Å². The fraction of sp³-hybridized carbons (Fsp3) is 0.600. The van der Waals surface area contributed by atoms with Crippen LogP contribution in [0.15, 0.2) is 16.7 Å². The fourth-order valence-corrected chi connectivity index (χ4v) is 2.45. The first-order valence-electron chi connectivity index (χ1n) is 4.73. The maximum atomic E-state index is 5.45. The standard InChI is InChI=1S/C10H13NO/c1-4-10(5-1)8-3-7-12-9(8)2-6-11-10/h3,7,11H,1-2,4-6H2. The third-order valence-electron chi connectivity index (χ3n) is 3.28. The Balaban J connectivity index is 2.09. The average molecular weight is 163 g/mol. The average Bonchev–Trinajstić information content (AvgIpc) is 2.47. The molecular formula is C10H13NO. The lowest BCUT2D eigenvalue weighted by Crippen LogP contribution is -2.51. The van der Waals surface area contributed by atoms with Gasteiger partial charge < -0.3 is 9.73 Å². The molecule has 0 radical (unpaired) electrons. The van der Waals surface area contributed by atoms with Gasteiger partial charge in [0.25, 0.3) is 0 Å². The lowest BCUT2D eigenvalue weighted by Gasteiger charge is -2.45. The van der Waals surface area contributed by atoms with E-state index in [9.17, 15) is 0 Å². The van der Waals surface area contributed by atoms with Crippen molar-refractivity contribution in [3.8, 4) is 0 Å². The first-order valence-corrected chi connectivity index (χ1v) is 4.73. The Morgan fingerprint density at radius 2 is 2.33 bits per heavy atom. The van der Waals surface area contributed by atoms with E-state index in [-0.39, 0.29) is 0 Å². The molecule has 0 saturated heterocycles. The molecule has 0 atom stereocenters. The molecule has 2 aliphatic rings. The molecule has 1 aromatic heterocycles. The zero-order valence-corrected chi connectivity index (χ0v) is 7.10. The van der Waals surface area contributed by atoms with Crippen molar-refractivity contribution in [1.29, 1.82) is 0 Å². The molecule has 1 fully saturated rings. The van der Waals surface area contributed by atoms with Crippen LogP contribution in [0.25, 0.3) is 0 Å². The Morgan fingerprint density at radius 3 is 3.08 bits per heavy atom. The van der Waals surface area contributed by atoms with Crippen LogP contribution in [0, 0.1) is 0 Å². The number of rotatable bonds is 0. The van der Waals surface area contributed by atoms with Gasteiger partial charge >= 0.3 is 0 Å². The molecule has 0 amide bonds. The molecule has 1 spiro atoms. The summed E-state index contributed by atoms with van der Waals surface area (Å²) in [4.78, 5) is 0. The van der Waals surface area contributed by atoms with Crippen molar-refractivity contribution >= 4 is 0 Å². The molecule has 64 valence electrons. The summed E-state index contributed by atoms with van der Waals surface area (Å²) in [5, 5.41) is 3.61. The van der Waals surface area contributed by atoms with E-state index in [2.05, 4.69) is 11.4 Å². The molecule has 0 unspecified atom stereocenters. The lowest BCUT2D eigenvalue weighted by molar-refractivity contribution is 0.170. The van der Waals surface area contributed by atoms with Crippen LogP contribution in [0.1, 0.15) is 30.6 Å². The Labute approximate surface area is 72.0 Å². The van der Waals surface area contributed by atoms with Gasteiger partial charge in [0.2, 0.25) is 0 Å². The second-order valence-electron chi connectivity index (χ2n) is 3.87. The number of fused-ring (bicyclic) bond motifs is 2. The van der Waals surface area contributed by atoms with E-state index in [4.69, 9.17) is 4.42 Å². The highest BCUT2D eigenvalue weighted by molar-refractivity contribution is 5.31. The highest BCUT2D eigenvalue weighted by Crippen LogP contribution is 2.44. The third-order valence-corrected chi connectivity index (χ3v) is 3.28. The minimum absolute atomic E-state index is 0.320. The minimum Gasteiger partial charge on any atom is -0.469 e. The summed E-state index contributed by atoms with van der Waals surface area (Å²) < 4.78 is 5.45. The van der Waals surface area contributed by atoms with E-state index in [0.29, 0.717) is 5.54 Å². The SMILES string of the molecule is c1cc2c(o1)CCNC21CCC1. The quantitative estimate of drug-likeness (QED) is 0.631. The van der Waals surface area contributed by atoms with Crippen LogP contribution in [-0.4, -0.2) is 6.54 Å². The molecule has 1 saturated carbocycles. The van der Waals surface area contributed by atoms with Gasteiger partial charge in [0.05, 0.1) is 6.26 Å². The van der Waals surface area contributed by atoms with E-state index < -0.39 is 0 Å². The van der Waals surface area contributed by atoms with Crippen LogP contribution in [0.3, 0.4) is 0 Å². The number of hydrogen-bond donors (Lipinski definition) is 1. The molecule has 1 aromatic rings. The maximum absolute atomic E-state index is 5.45. The van der Waals surface area contributed by atoms with Crippen LogP contribution in [-0.2, 0) is 12.0 Å². The van der Waals surface area contributed by atoms with Crippen LogP contribution in [0.5, 0.6) is 0 Å². The zero-order valence-electron chi connectivity index (χ0n) is 7.10. The summed E-state index contributed by atoms with van der Waals surface area (Å²) in [6.45, 7) is 1.08. The van der Waals surface area contributed by atoms with Gasteiger partial charge in [0.1, 0.15) is 5.76 Å². The molecule has 3 rings (SSSR count). The van der Waals surface area contributed by atoms with Gasteiger partial charge in [0, 0.05) is 24.1 Å². The number of furan rings is 1. The molecule has 2 nitrogen and oxygen atoms in total. The normalized spacial score (nSPS) is 25.0. The zero-order chi connectivity index (χ0) is 8.02. The van der Waals surface area contributed by atoms with Crippen molar-refractivity contribution in [2.45, 2.75) is 31.2 Å². The van der Waals surface area contributed by atoms with Crippen LogP contribution >= 0.6 is 0 Å². The van der Waals surface area contributed by atoms with Gasteiger partial charge in [0.15, 0.2) is 0 Å². The second kappa shape index (κ2) is 2.13. The molecule has 2 heteroatoms. The minimum atomic E-state index is 0.320. The Morgan fingerprint density at radius 1 is 1.42 bits per heavy atom. The van der Waals surface area contributed by atoms with Crippen molar-refractivity contribution in [2.75, 3.05) is 6.54 Å². The topological polar surface area (TPSA) is 25.2 Å². The summed E-state index contributed by atoms with van der Waals surface area (Å²) in [6.07, 6.45) is 6.83. The van der Waals surface area contributed by atoms with E-state index in [1.807, 2.05) is 6.26 Å². The third kappa shape index (κ3) is 0.686. The highest BCUT2D eigenvalue weighted by atomic mass is 16.3. The predicted molar refractivity (Wildman–Crippen MR) is 45.9 cm³/mol. The van der Waals surface area contributed by atoms with Gasteiger partial charge in [-0.25, -0.2) is 0 Å². The monoisotopic (exact) mass is 163 g/mol. The molecule has 1 aliphatic heterocycles. The van der Waals surface area contributed by atoms with Crippen molar-refractivity contribution < 1.29 is 4.42 Å². The predicted octanol–water partition coefficient (Wildman–Crippen LogP) is 1.80. The lowest BCUT2D eigenvalue weighted by atomic mass is 9.70. The summed E-state index contributed by atoms with van der Waals surface area (Å²) in [6, 6.07) is 2.14. The molecule has 1 N–H and O–H groups in total. The number of nitrogens with one attached hydrogen (secondary N) is 1.